The van der Waals surface area contributed by atoms with Gasteiger partial charge in [-0.05, 0) is 19.8 Å². The highest BCUT2D eigenvalue weighted by Crippen LogP contribution is 2.23. The second kappa shape index (κ2) is 4.98. The summed E-state index contributed by atoms with van der Waals surface area (Å²) in [5.74, 6) is -1.04. The van der Waals surface area contributed by atoms with Crippen LogP contribution in [-0.4, -0.2) is 23.0 Å². The van der Waals surface area contributed by atoms with E-state index in [9.17, 15) is 9.59 Å². The molecule has 80 valence electrons. The van der Waals surface area contributed by atoms with Crippen molar-refractivity contribution in [1.82, 2.24) is 5.32 Å². The van der Waals surface area contributed by atoms with Crippen LogP contribution in [0.3, 0.4) is 0 Å². The Labute approximate surface area is 83.7 Å². The largest absolute Gasteiger partial charge is 0.480 e. The van der Waals surface area contributed by atoms with Gasteiger partial charge in [0, 0.05) is 5.92 Å². The lowest BCUT2D eigenvalue weighted by atomic mass is 9.88. The third-order valence-corrected chi connectivity index (χ3v) is 2.71. The van der Waals surface area contributed by atoms with E-state index in [4.69, 9.17) is 5.11 Å². The highest BCUT2D eigenvalue weighted by atomic mass is 16.4. The molecule has 1 aliphatic carbocycles. The molecule has 1 saturated carbocycles. The third kappa shape index (κ3) is 3.01. The highest BCUT2D eigenvalue weighted by molar-refractivity contribution is 5.84. The molecular formula is C10H17NO3. The number of aliphatic carboxylic acids is 1. The van der Waals surface area contributed by atoms with E-state index in [1.54, 1.807) is 0 Å². The van der Waals surface area contributed by atoms with Crippen molar-refractivity contribution >= 4 is 11.9 Å². The minimum atomic E-state index is -0.978. The maximum atomic E-state index is 11.5. The lowest BCUT2D eigenvalue weighted by molar-refractivity contribution is -0.142. The second-order valence-electron chi connectivity index (χ2n) is 3.90. The van der Waals surface area contributed by atoms with E-state index in [1.165, 1.54) is 13.3 Å². The Morgan fingerprint density at radius 3 is 2.36 bits per heavy atom. The molecule has 1 unspecified atom stereocenters. The zero-order valence-electron chi connectivity index (χ0n) is 8.45. The van der Waals surface area contributed by atoms with Gasteiger partial charge in [-0.15, -0.1) is 0 Å². The van der Waals surface area contributed by atoms with Crippen molar-refractivity contribution in [2.75, 3.05) is 0 Å². The Bertz CT molecular complexity index is 221. The van der Waals surface area contributed by atoms with Crippen molar-refractivity contribution in [3.63, 3.8) is 0 Å². The summed E-state index contributed by atoms with van der Waals surface area (Å²) >= 11 is 0. The lowest BCUT2D eigenvalue weighted by Gasteiger charge is -2.21. The van der Waals surface area contributed by atoms with Gasteiger partial charge in [0.1, 0.15) is 6.04 Å². The summed E-state index contributed by atoms with van der Waals surface area (Å²) in [5, 5.41) is 11.1. The zero-order chi connectivity index (χ0) is 10.6. The molecule has 0 radical (unpaired) electrons. The van der Waals surface area contributed by atoms with Crippen LogP contribution in [0.25, 0.3) is 0 Å². The zero-order valence-corrected chi connectivity index (χ0v) is 8.45. The number of carbonyl (C=O) groups excluding carboxylic acids is 1. The standard InChI is InChI=1S/C10H17NO3/c1-7(10(13)14)11-9(12)8-5-3-2-4-6-8/h7-8H,2-6H2,1H3,(H,11,12)(H,13,14). The fourth-order valence-electron chi connectivity index (χ4n) is 1.76. The predicted octanol–water partition coefficient (Wildman–Crippen LogP) is 1.16. The molecule has 1 amide bonds. The van der Waals surface area contributed by atoms with Crippen LogP contribution in [-0.2, 0) is 9.59 Å². The first-order valence-electron chi connectivity index (χ1n) is 5.14. The topological polar surface area (TPSA) is 66.4 Å². The number of nitrogens with one attached hydrogen (secondary N) is 1. The number of hydrogen-bond donors (Lipinski definition) is 2. The molecule has 0 aliphatic heterocycles. The van der Waals surface area contributed by atoms with Gasteiger partial charge in [-0.25, -0.2) is 0 Å². The molecule has 1 aliphatic rings. The van der Waals surface area contributed by atoms with Crippen LogP contribution in [0.4, 0.5) is 0 Å². The van der Waals surface area contributed by atoms with Gasteiger partial charge in [0.05, 0.1) is 0 Å². The van der Waals surface area contributed by atoms with Gasteiger partial charge < -0.3 is 10.4 Å². The van der Waals surface area contributed by atoms with Gasteiger partial charge in [0.15, 0.2) is 0 Å². The number of hydrogen-bond acceptors (Lipinski definition) is 2. The van der Waals surface area contributed by atoms with Crippen LogP contribution < -0.4 is 5.32 Å². The Morgan fingerprint density at radius 2 is 1.86 bits per heavy atom. The van der Waals surface area contributed by atoms with Crippen molar-refractivity contribution in [1.29, 1.82) is 0 Å². The smallest absolute Gasteiger partial charge is 0.325 e. The lowest BCUT2D eigenvalue weighted by Crippen LogP contribution is -2.42. The van der Waals surface area contributed by atoms with E-state index >= 15 is 0 Å². The van der Waals surface area contributed by atoms with Gasteiger partial charge in [0.2, 0.25) is 5.91 Å². The maximum absolute atomic E-state index is 11.5. The highest BCUT2D eigenvalue weighted by Gasteiger charge is 2.23. The molecule has 0 aromatic heterocycles. The van der Waals surface area contributed by atoms with Gasteiger partial charge >= 0.3 is 5.97 Å². The summed E-state index contributed by atoms with van der Waals surface area (Å²) in [5.41, 5.74) is 0. The summed E-state index contributed by atoms with van der Waals surface area (Å²) in [6.45, 7) is 1.49. The monoisotopic (exact) mass is 199 g/mol. The normalized spacial score (nSPS) is 20.1. The summed E-state index contributed by atoms with van der Waals surface area (Å²) in [6, 6.07) is -0.774. The Morgan fingerprint density at radius 1 is 1.29 bits per heavy atom. The predicted molar refractivity (Wildman–Crippen MR) is 51.8 cm³/mol. The average Bonchev–Trinajstić information content (AvgIpc) is 2.19. The summed E-state index contributed by atoms with van der Waals surface area (Å²) in [7, 11) is 0. The minimum Gasteiger partial charge on any atom is -0.480 e. The van der Waals surface area contributed by atoms with Crippen LogP contribution in [0.5, 0.6) is 0 Å². The van der Waals surface area contributed by atoms with E-state index in [-0.39, 0.29) is 11.8 Å². The third-order valence-electron chi connectivity index (χ3n) is 2.71. The molecule has 0 bridgehead atoms. The van der Waals surface area contributed by atoms with Gasteiger partial charge in [-0.3, -0.25) is 9.59 Å². The molecule has 1 fully saturated rings. The van der Waals surface area contributed by atoms with Crippen LogP contribution in [0, 0.1) is 5.92 Å². The number of carboxylic acid groups (broad SMARTS) is 1. The van der Waals surface area contributed by atoms with E-state index in [2.05, 4.69) is 5.32 Å². The van der Waals surface area contributed by atoms with E-state index < -0.39 is 12.0 Å². The van der Waals surface area contributed by atoms with E-state index in [1.807, 2.05) is 0 Å². The Balaban J connectivity index is 2.36. The summed E-state index contributed by atoms with van der Waals surface area (Å²) in [6.07, 6.45) is 5.16. The first-order chi connectivity index (χ1) is 6.61. The van der Waals surface area contributed by atoms with E-state index in [0.717, 1.165) is 25.7 Å². The number of carbonyl (C=O) groups is 2. The molecule has 2 N–H and O–H groups in total. The molecular weight excluding hydrogens is 182 g/mol. The van der Waals surface area contributed by atoms with Gasteiger partial charge in [0.25, 0.3) is 0 Å². The van der Waals surface area contributed by atoms with Crippen LogP contribution >= 0.6 is 0 Å². The maximum Gasteiger partial charge on any atom is 0.325 e. The quantitative estimate of drug-likeness (QED) is 0.716. The molecule has 4 nitrogen and oxygen atoms in total. The number of rotatable bonds is 3. The SMILES string of the molecule is CC(NC(=O)C1CCCCC1)C(=O)O. The van der Waals surface area contributed by atoms with Crippen LogP contribution in [0.1, 0.15) is 39.0 Å². The fourth-order valence-corrected chi connectivity index (χ4v) is 1.76. The number of amides is 1. The molecule has 4 heteroatoms. The van der Waals surface area contributed by atoms with Crippen molar-refractivity contribution in [3.8, 4) is 0 Å². The van der Waals surface area contributed by atoms with Crippen molar-refractivity contribution < 1.29 is 14.7 Å². The Hall–Kier alpha value is -1.06. The molecule has 14 heavy (non-hydrogen) atoms. The first kappa shape index (κ1) is 11.0. The molecule has 0 saturated heterocycles. The molecule has 0 spiro atoms. The van der Waals surface area contributed by atoms with Crippen molar-refractivity contribution in [3.05, 3.63) is 0 Å². The molecule has 0 heterocycles. The number of carboxylic acids is 1. The molecule has 0 aromatic carbocycles. The second-order valence-corrected chi connectivity index (χ2v) is 3.90. The van der Waals surface area contributed by atoms with Gasteiger partial charge in [-0.2, -0.15) is 0 Å². The average molecular weight is 199 g/mol. The van der Waals surface area contributed by atoms with Gasteiger partial charge in [-0.1, -0.05) is 19.3 Å². The van der Waals surface area contributed by atoms with Crippen molar-refractivity contribution in [2.24, 2.45) is 5.92 Å². The molecule has 1 atom stereocenters. The summed E-state index contributed by atoms with van der Waals surface area (Å²) < 4.78 is 0. The van der Waals surface area contributed by atoms with Crippen LogP contribution in [0.15, 0.2) is 0 Å². The fraction of sp³-hybridized carbons (Fsp3) is 0.800. The Kier molecular flexibility index (Phi) is 3.92. The minimum absolute atomic E-state index is 0.0329. The summed E-state index contributed by atoms with van der Waals surface area (Å²) in [4.78, 5) is 22.0. The van der Waals surface area contributed by atoms with Crippen LogP contribution in [0.2, 0.25) is 0 Å². The molecule has 1 rings (SSSR count). The first-order valence-corrected chi connectivity index (χ1v) is 5.14. The van der Waals surface area contributed by atoms with Crippen molar-refractivity contribution in [2.45, 2.75) is 45.1 Å². The van der Waals surface area contributed by atoms with E-state index in [0.29, 0.717) is 0 Å². The molecule has 0 aromatic rings.